The van der Waals surface area contributed by atoms with Crippen LogP contribution in [0.5, 0.6) is 17.6 Å². The second-order valence-electron chi connectivity index (χ2n) is 11.2. The average molecular weight is 573 g/mol. The van der Waals surface area contributed by atoms with Gasteiger partial charge in [0.05, 0.1) is 11.7 Å². The molecule has 3 aliphatic heterocycles. The number of nitrogens with one attached hydrogen (secondary N) is 1. The van der Waals surface area contributed by atoms with Crippen LogP contribution in [0.2, 0.25) is 0 Å². The number of likely N-dealkylation sites (N-methyl/N-ethyl adjacent to an activating group) is 1. The zero-order valence-electron chi connectivity index (χ0n) is 24.2. The molecule has 2 saturated heterocycles. The van der Waals surface area contributed by atoms with E-state index in [1.807, 2.05) is 37.1 Å². The number of piperazine rings is 1. The number of H-pyrrole nitrogens is 1. The summed E-state index contributed by atoms with van der Waals surface area (Å²) in [5.74, 6) is 1.10. The van der Waals surface area contributed by atoms with Gasteiger partial charge in [0.25, 0.3) is 5.88 Å². The molecule has 6 rings (SSSR count). The van der Waals surface area contributed by atoms with E-state index in [4.69, 9.17) is 30.8 Å². The molecular formula is C30H36N8O4. The highest BCUT2D eigenvalue weighted by atomic mass is 16.6. The Labute approximate surface area is 245 Å². The molecule has 0 saturated carbocycles. The van der Waals surface area contributed by atoms with Crippen molar-refractivity contribution in [3.8, 4) is 17.6 Å². The summed E-state index contributed by atoms with van der Waals surface area (Å²) in [6, 6.07) is 4.23. The zero-order valence-corrected chi connectivity index (χ0v) is 24.2. The summed E-state index contributed by atoms with van der Waals surface area (Å²) in [6.07, 6.45) is 4.49. The van der Waals surface area contributed by atoms with Crippen LogP contribution < -0.4 is 19.1 Å². The molecular weight excluding hydrogens is 536 g/mol. The van der Waals surface area contributed by atoms with Crippen LogP contribution in [0.4, 0.5) is 5.82 Å². The highest BCUT2D eigenvalue weighted by Crippen LogP contribution is 2.46. The van der Waals surface area contributed by atoms with E-state index < -0.39 is 6.10 Å². The summed E-state index contributed by atoms with van der Waals surface area (Å²) >= 11 is 0. The van der Waals surface area contributed by atoms with Gasteiger partial charge in [-0.25, -0.2) is 6.57 Å². The third kappa shape index (κ3) is 5.09. The number of ether oxygens (including phenoxy) is 3. The second-order valence-corrected chi connectivity index (χ2v) is 11.2. The number of carbonyl (C=O) groups is 1. The molecule has 0 bridgehead atoms. The molecule has 0 aliphatic carbocycles. The average Bonchev–Trinajstić information content (AvgIpc) is 3.64. The summed E-state index contributed by atoms with van der Waals surface area (Å²) in [4.78, 5) is 31.7. The van der Waals surface area contributed by atoms with Gasteiger partial charge in [0.15, 0.2) is 11.9 Å². The highest BCUT2D eigenvalue weighted by Gasteiger charge is 2.39. The maximum Gasteiger partial charge on any atom is 0.322 e. The molecule has 12 heteroatoms. The number of hydrogen-bond donors (Lipinski definition) is 1. The number of benzene rings is 1. The quantitative estimate of drug-likeness (QED) is 0.337. The lowest BCUT2D eigenvalue weighted by atomic mass is 9.95. The van der Waals surface area contributed by atoms with E-state index >= 15 is 0 Å². The van der Waals surface area contributed by atoms with Crippen LogP contribution in [-0.4, -0.2) is 100 Å². The first-order valence-corrected chi connectivity index (χ1v) is 14.4. The predicted molar refractivity (Wildman–Crippen MR) is 157 cm³/mol. The number of nitrogens with zero attached hydrogens (tertiary/aromatic N) is 7. The Balaban J connectivity index is 1.36. The minimum Gasteiger partial charge on any atom is -0.478 e. The fraction of sp³-hybridized carbons (Fsp3) is 0.500. The molecule has 3 aromatic rings. The molecule has 1 unspecified atom stereocenters. The monoisotopic (exact) mass is 572 g/mol. The van der Waals surface area contributed by atoms with Crippen LogP contribution in [0.3, 0.4) is 0 Å². The van der Waals surface area contributed by atoms with Crippen molar-refractivity contribution >= 4 is 22.6 Å². The van der Waals surface area contributed by atoms with Crippen molar-refractivity contribution in [1.82, 2.24) is 30.0 Å². The minimum absolute atomic E-state index is 0.171. The molecule has 2 fully saturated rings. The predicted octanol–water partition coefficient (Wildman–Crippen LogP) is 3.16. The van der Waals surface area contributed by atoms with Gasteiger partial charge in [-0.3, -0.25) is 9.89 Å². The maximum absolute atomic E-state index is 12.5. The number of amides is 1. The number of hydrogen-bond acceptors (Lipinski definition) is 9. The van der Waals surface area contributed by atoms with Crippen molar-refractivity contribution in [2.24, 2.45) is 0 Å². The number of anilines is 1. The minimum atomic E-state index is -0.438. The van der Waals surface area contributed by atoms with E-state index in [9.17, 15) is 4.79 Å². The van der Waals surface area contributed by atoms with Crippen molar-refractivity contribution < 1.29 is 19.0 Å². The number of carbonyl (C=O) groups excluding carboxylic acids is 1. The SMILES string of the molecule is [C-]#[N+]C[C@H]1CN(c2nc(OC[C@@H]3CCCN3C)nc3c2O[C@@H](C)C(c2c(C)ccc4[nH]ncc24)O3)CCN1C(=O)C=C. The van der Waals surface area contributed by atoms with Crippen LogP contribution in [-0.2, 0) is 4.79 Å². The molecule has 3 aliphatic rings. The van der Waals surface area contributed by atoms with Gasteiger partial charge in [0.2, 0.25) is 18.2 Å². The fourth-order valence-electron chi connectivity index (χ4n) is 6.22. The molecule has 0 radical (unpaired) electrons. The van der Waals surface area contributed by atoms with Crippen molar-refractivity contribution in [3.05, 3.63) is 53.5 Å². The van der Waals surface area contributed by atoms with Crippen LogP contribution >= 0.6 is 0 Å². The Morgan fingerprint density at radius 1 is 1.26 bits per heavy atom. The van der Waals surface area contributed by atoms with E-state index in [1.54, 1.807) is 4.90 Å². The lowest BCUT2D eigenvalue weighted by Crippen LogP contribution is -2.56. The van der Waals surface area contributed by atoms with Gasteiger partial charge in [0, 0.05) is 36.6 Å². The summed E-state index contributed by atoms with van der Waals surface area (Å²) in [5.41, 5.74) is 2.97. The smallest absolute Gasteiger partial charge is 0.322 e. The van der Waals surface area contributed by atoms with E-state index in [-0.39, 0.29) is 36.7 Å². The third-order valence-corrected chi connectivity index (χ3v) is 8.55. The Kier molecular flexibility index (Phi) is 7.60. The van der Waals surface area contributed by atoms with E-state index in [0.29, 0.717) is 43.7 Å². The molecule has 220 valence electrons. The van der Waals surface area contributed by atoms with Gasteiger partial charge >= 0.3 is 6.01 Å². The summed E-state index contributed by atoms with van der Waals surface area (Å²) in [7, 11) is 2.10. The molecule has 1 aromatic carbocycles. The van der Waals surface area contributed by atoms with Crippen LogP contribution in [0.15, 0.2) is 31.0 Å². The number of fused-ring (bicyclic) bond motifs is 2. The third-order valence-electron chi connectivity index (χ3n) is 8.55. The Hall–Kier alpha value is -4.37. The van der Waals surface area contributed by atoms with Crippen molar-refractivity contribution in [2.45, 2.75) is 51.0 Å². The molecule has 2 aromatic heterocycles. The standard InChI is InChI=1S/C30H36N8O4/c1-6-24(39)38-13-12-37(16-21(38)14-31-4)28-27-29(34-30(33-28)40-17-20-8-7-11-36(20)5)42-26(19(3)41-27)25-18(2)9-10-23-22(25)15-32-35-23/h6,9-10,15,19-21,26H,1,7-8,11-14,16-17H2,2-3,5H3,(H,32,35)/t19-,20-,21-,26?/m0/s1. The normalized spacial score (nSPS) is 24.0. The maximum atomic E-state index is 12.5. The van der Waals surface area contributed by atoms with Gasteiger partial charge < -0.3 is 33.8 Å². The van der Waals surface area contributed by atoms with Gasteiger partial charge in [-0.2, -0.15) is 15.1 Å². The number of likely N-dealkylation sites (tertiary alicyclic amines) is 1. The second kappa shape index (κ2) is 11.5. The zero-order chi connectivity index (χ0) is 29.4. The van der Waals surface area contributed by atoms with E-state index in [2.05, 4.69) is 33.6 Å². The van der Waals surface area contributed by atoms with E-state index in [1.165, 1.54) is 6.08 Å². The lowest BCUT2D eigenvalue weighted by molar-refractivity contribution is -0.128. The van der Waals surface area contributed by atoms with Gasteiger partial charge in [-0.1, -0.05) is 12.6 Å². The molecule has 42 heavy (non-hydrogen) atoms. The Morgan fingerprint density at radius 2 is 2.12 bits per heavy atom. The lowest BCUT2D eigenvalue weighted by Gasteiger charge is -2.41. The summed E-state index contributed by atoms with van der Waals surface area (Å²) in [5, 5.41) is 8.25. The molecule has 0 spiro atoms. The first-order valence-electron chi connectivity index (χ1n) is 14.4. The summed E-state index contributed by atoms with van der Waals surface area (Å²) < 4.78 is 19.4. The number of aryl methyl sites for hydroxylation is 1. The molecule has 4 atom stereocenters. The summed E-state index contributed by atoms with van der Waals surface area (Å²) in [6.45, 7) is 18.1. The number of aromatic amines is 1. The van der Waals surface area contributed by atoms with Crippen LogP contribution in [0, 0.1) is 13.5 Å². The van der Waals surface area contributed by atoms with Crippen LogP contribution in [0.25, 0.3) is 15.7 Å². The molecule has 1 N–H and O–H groups in total. The van der Waals surface area contributed by atoms with Crippen molar-refractivity contribution in [1.29, 1.82) is 0 Å². The molecule has 5 heterocycles. The van der Waals surface area contributed by atoms with Gasteiger partial charge in [0.1, 0.15) is 18.8 Å². The van der Waals surface area contributed by atoms with Gasteiger partial charge in [-0.05, 0) is 58.0 Å². The van der Waals surface area contributed by atoms with Crippen LogP contribution in [0.1, 0.15) is 37.0 Å². The van der Waals surface area contributed by atoms with Crippen molar-refractivity contribution in [3.63, 3.8) is 0 Å². The fourth-order valence-corrected chi connectivity index (χ4v) is 6.22. The Bertz CT molecular complexity index is 1530. The Morgan fingerprint density at radius 3 is 2.88 bits per heavy atom. The number of rotatable bonds is 7. The largest absolute Gasteiger partial charge is 0.478 e. The molecule has 12 nitrogen and oxygen atoms in total. The van der Waals surface area contributed by atoms with E-state index in [0.717, 1.165) is 41.4 Å². The van der Waals surface area contributed by atoms with Gasteiger partial charge in [-0.15, -0.1) is 0 Å². The van der Waals surface area contributed by atoms with Crippen molar-refractivity contribution in [2.75, 3.05) is 51.3 Å². The highest BCUT2D eigenvalue weighted by molar-refractivity contribution is 5.87. The number of aromatic nitrogens is 4. The first-order chi connectivity index (χ1) is 20.4. The molecule has 1 amide bonds. The topological polar surface area (TPSA) is 113 Å². The first kappa shape index (κ1) is 27.8.